The van der Waals surface area contributed by atoms with Crippen LogP contribution in [0.15, 0.2) is 0 Å². The quantitative estimate of drug-likeness (QED) is 0.197. The van der Waals surface area contributed by atoms with Gasteiger partial charge in [-0.3, -0.25) is 14.4 Å². The first-order chi connectivity index (χ1) is 12.0. The number of amides is 3. The number of carbonyl (C=O) groups excluding carboxylic acids is 3. The highest BCUT2D eigenvalue weighted by Gasteiger charge is 2.29. The molecular weight excluding hydrogens is 348 g/mol. The zero-order valence-electron chi connectivity index (χ0n) is 15.1. The standard InChI is InChI=1S/C15H28N4O7/c1-4-7(2)11(19-13(23)9(16)6-20)14(24)17-5-10(22)18-12(8(3)21)15(25)26/h7-9,11-12,20-21H,4-6,16H2,1-3H3,(H,17,24)(H,18,22)(H,19,23)(H,25,26). The molecule has 0 aliphatic heterocycles. The molecule has 0 rings (SSSR count). The monoisotopic (exact) mass is 376 g/mol. The van der Waals surface area contributed by atoms with Gasteiger partial charge in [0.2, 0.25) is 17.7 Å². The van der Waals surface area contributed by atoms with Crippen molar-refractivity contribution in [1.29, 1.82) is 0 Å². The van der Waals surface area contributed by atoms with Crippen molar-refractivity contribution in [2.24, 2.45) is 11.7 Å². The summed E-state index contributed by atoms with van der Waals surface area (Å²) in [6.45, 7) is 3.60. The molecule has 26 heavy (non-hydrogen) atoms. The van der Waals surface area contributed by atoms with Crippen LogP contribution in [0, 0.1) is 5.92 Å². The maximum atomic E-state index is 12.3. The first kappa shape index (κ1) is 23.8. The second-order valence-electron chi connectivity index (χ2n) is 6.00. The first-order valence-electron chi connectivity index (χ1n) is 8.19. The Kier molecular flexibility index (Phi) is 10.4. The predicted octanol–water partition coefficient (Wildman–Crippen LogP) is -3.10. The third-order valence-electron chi connectivity index (χ3n) is 3.81. The molecule has 150 valence electrons. The van der Waals surface area contributed by atoms with E-state index in [-0.39, 0.29) is 5.92 Å². The lowest BCUT2D eigenvalue weighted by molar-refractivity contribution is -0.144. The summed E-state index contributed by atoms with van der Waals surface area (Å²) in [4.78, 5) is 46.8. The Bertz CT molecular complexity index is 512. The average molecular weight is 376 g/mol. The molecule has 11 nitrogen and oxygen atoms in total. The number of hydrogen-bond acceptors (Lipinski definition) is 7. The lowest BCUT2D eigenvalue weighted by Crippen LogP contribution is -2.56. The Morgan fingerprint density at radius 2 is 1.62 bits per heavy atom. The van der Waals surface area contributed by atoms with E-state index < -0.39 is 61.1 Å². The zero-order chi connectivity index (χ0) is 20.4. The van der Waals surface area contributed by atoms with E-state index in [2.05, 4.69) is 16.0 Å². The minimum atomic E-state index is -1.51. The van der Waals surface area contributed by atoms with E-state index in [1.165, 1.54) is 6.92 Å². The number of nitrogens with two attached hydrogens (primary N) is 1. The number of rotatable bonds is 11. The summed E-state index contributed by atoms with van der Waals surface area (Å²) in [6.07, 6.45) is -0.776. The Hall–Kier alpha value is -2.24. The minimum Gasteiger partial charge on any atom is -0.480 e. The van der Waals surface area contributed by atoms with Crippen LogP contribution in [0.3, 0.4) is 0 Å². The van der Waals surface area contributed by atoms with E-state index in [1.807, 2.05) is 0 Å². The third-order valence-corrected chi connectivity index (χ3v) is 3.81. The summed E-state index contributed by atoms with van der Waals surface area (Å²) in [5, 5.41) is 33.9. The summed E-state index contributed by atoms with van der Waals surface area (Å²) in [5.74, 6) is -3.87. The number of aliphatic hydroxyl groups excluding tert-OH is 2. The SMILES string of the molecule is CCC(C)C(NC(=O)C(N)CO)C(=O)NCC(=O)NC(C(=O)O)C(C)O. The van der Waals surface area contributed by atoms with Crippen molar-refractivity contribution in [2.45, 2.75) is 51.4 Å². The molecule has 0 spiro atoms. The van der Waals surface area contributed by atoms with Gasteiger partial charge in [0.1, 0.15) is 12.1 Å². The van der Waals surface area contributed by atoms with Crippen molar-refractivity contribution >= 4 is 23.7 Å². The van der Waals surface area contributed by atoms with Gasteiger partial charge < -0.3 is 37.0 Å². The molecule has 0 aromatic heterocycles. The van der Waals surface area contributed by atoms with Crippen LogP contribution in [0.4, 0.5) is 0 Å². The second kappa shape index (κ2) is 11.4. The molecule has 0 aliphatic carbocycles. The summed E-state index contributed by atoms with van der Waals surface area (Å²) in [6, 6.07) is -3.67. The van der Waals surface area contributed by atoms with Crippen molar-refractivity contribution in [3.8, 4) is 0 Å². The minimum absolute atomic E-state index is 0.280. The molecule has 0 heterocycles. The van der Waals surface area contributed by atoms with E-state index in [4.69, 9.17) is 15.9 Å². The van der Waals surface area contributed by atoms with Gasteiger partial charge in [-0.25, -0.2) is 4.79 Å². The van der Waals surface area contributed by atoms with Gasteiger partial charge >= 0.3 is 5.97 Å². The molecule has 0 bridgehead atoms. The fourth-order valence-corrected chi connectivity index (χ4v) is 1.94. The van der Waals surface area contributed by atoms with E-state index in [0.717, 1.165) is 0 Å². The molecule has 0 aliphatic rings. The van der Waals surface area contributed by atoms with Gasteiger partial charge in [0.15, 0.2) is 6.04 Å². The molecule has 3 amide bonds. The van der Waals surface area contributed by atoms with Gasteiger partial charge in [0.25, 0.3) is 0 Å². The highest BCUT2D eigenvalue weighted by atomic mass is 16.4. The number of carbonyl (C=O) groups is 4. The fourth-order valence-electron chi connectivity index (χ4n) is 1.94. The van der Waals surface area contributed by atoms with Gasteiger partial charge in [-0.2, -0.15) is 0 Å². The largest absolute Gasteiger partial charge is 0.480 e. The van der Waals surface area contributed by atoms with Gasteiger partial charge in [-0.1, -0.05) is 20.3 Å². The number of carboxylic acid groups (broad SMARTS) is 1. The van der Waals surface area contributed by atoms with Crippen LogP contribution in [0.25, 0.3) is 0 Å². The van der Waals surface area contributed by atoms with Gasteiger partial charge in [0.05, 0.1) is 19.3 Å². The van der Waals surface area contributed by atoms with E-state index in [9.17, 15) is 24.3 Å². The van der Waals surface area contributed by atoms with Crippen LogP contribution in [0.5, 0.6) is 0 Å². The number of aliphatic carboxylic acids is 1. The molecule has 0 saturated heterocycles. The lowest BCUT2D eigenvalue weighted by atomic mass is 9.98. The van der Waals surface area contributed by atoms with Crippen molar-refractivity contribution in [2.75, 3.05) is 13.2 Å². The van der Waals surface area contributed by atoms with Crippen LogP contribution in [0.1, 0.15) is 27.2 Å². The molecule has 0 saturated carbocycles. The number of nitrogens with one attached hydrogen (secondary N) is 3. The summed E-state index contributed by atoms with van der Waals surface area (Å²) in [7, 11) is 0. The highest BCUT2D eigenvalue weighted by Crippen LogP contribution is 2.08. The smallest absolute Gasteiger partial charge is 0.328 e. The molecule has 5 atom stereocenters. The topological polar surface area (TPSA) is 191 Å². The van der Waals surface area contributed by atoms with E-state index in [0.29, 0.717) is 6.42 Å². The van der Waals surface area contributed by atoms with Gasteiger partial charge in [-0.05, 0) is 12.8 Å². The molecule has 8 N–H and O–H groups in total. The number of hydrogen-bond donors (Lipinski definition) is 7. The first-order valence-corrected chi connectivity index (χ1v) is 8.19. The Balaban J connectivity index is 4.82. The molecular formula is C15H28N4O7. The van der Waals surface area contributed by atoms with E-state index >= 15 is 0 Å². The van der Waals surface area contributed by atoms with E-state index in [1.54, 1.807) is 13.8 Å². The van der Waals surface area contributed by atoms with Crippen LogP contribution >= 0.6 is 0 Å². The van der Waals surface area contributed by atoms with Crippen molar-refractivity contribution in [3.63, 3.8) is 0 Å². The summed E-state index contributed by atoms with van der Waals surface area (Å²) in [5.41, 5.74) is 5.40. The normalized spacial score (nSPS) is 16.5. The lowest BCUT2D eigenvalue weighted by Gasteiger charge is -2.25. The number of aliphatic hydroxyl groups is 2. The zero-order valence-corrected chi connectivity index (χ0v) is 15.1. The Morgan fingerprint density at radius 3 is 2.04 bits per heavy atom. The van der Waals surface area contributed by atoms with Crippen molar-refractivity contribution in [3.05, 3.63) is 0 Å². The van der Waals surface area contributed by atoms with Crippen LogP contribution in [-0.2, 0) is 19.2 Å². The highest BCUT2D eigenvalue weighted by molar-refractivity contribution is 5.92. The summed E-state index contributed by atoms with van der Waals surface area (Å²) >= 11 is 0. The predicted molar refractivity (Wildman–Crippen MR) is 90.7 cm³/mol. The third kappa shape index (κ3) is 7.76. The molecule has 0 aromatic rings. The van der Waals surface area contributed by atoms with Crippen molar-refractivity contribution < 1.29 is 34.5 Å². The maximum Gasteiger partial charge on any atom is 0.328 e. The van der Waals surface area contributed by atoms with Gasteiger partial charge in [-0.15, -0.1) is 0 Å². The maximum absolute atomic E-state index is 12.3. The van der Waals surface area contributed by atoms with Crippen LogP contribution in [0.2, 0.25) is 0 Å². The summed E-state index contributed by atoms with van der Waals surface area (Å²) < 4.78 is 0. The molecule has 11 heteroatoms. The molecule has 0 fully saturated rings. The van der Waals surface area contributed by atoms with Gasteiger partial charge in [0, 0.05) is 0 Å². The molecule has 5 unspecified atom stereocenters. The second-order valence-corrected chi connectivity index (χ2v) is 6.00. The molecule has 0 aromatic carbocycles. The molecule has 0 radical (unpaired) electrons. The van der Waals surface area contributed by atoms with Crippen LogP contribution < -0.4 is 21.7 Å². The van der Waals surface area contributed by atoms with Crippen LogP contribution in [-0.4, -0.2) is 76.4 Å². The fraction of sp³-hybridized carbons (Fsp3) is 0.733. The Morgan fingerprint density at radius 1 is 1.04 bits per heavy atom. The average Bonchev–Trinajstić information content (AvgIpc) is 2.59. The Labute approximate surface area is 151 Å². The number of carboxylic acids is 1. The van der Waals surface area contributed by atoms with Crippen molar-refractivity contribution in [1.82, 2.24) is 16.0 Å².